The zero-order valence-corrected chi connectivity index (χ0v) is 8.17. The van der Waals surface area contributed by atoms with Gasteiger partial charge >= 0.3 is 0 Å². The fourth-order valence-electron chi connectivity index (χ4n) is 1.12. The van der Waals surface area contributed by atoms with Gasteiger partial charge in [-0.15, -0.1) is 0 Å². The number of H-pyrrole nitrogens is 1. The summed E-state index contributed by atoms with van der Waals surface area (Å²) < 4.78 is 12.7. The van der Waals surface area contributed by atoms with E-state index in [-0.39, 0.29) is 0 Å². The predicted molar refractivity (Wildman–Crippen MR) is 55.9 cm³/mol. The molecule has 0 aliphatic heterocycles. The molecule has 0 aliphatic carbocycles. The first kappa shape index (κ1) is 10.4. The molecule has 1 N–H and O–H groups in total. The van der Waals surface area contributed by atoms with Crippen LogP contribution in [0.3, 0.4) is 0 Å². The zero-order valence-electron chi connectivity index (χ0n) is 8.17. The first-order chi connectivity index (χ1) is 6.77. The number of rotatable bonds is 0. The van der Waals surface area contributed by atoms with Crippen LogP contribution in [0.25, 0.3) is 10.9 Å². The molecule has 0 bridgehead atoms. The van der Waals surface area contributed by atoms with Crippen molar-refractivity contribution in [2.75, 3.05) is 0 Å². The molecular formula is C11H12FNO. The Morgan fingerprint density at radius 2 is 1.86 bits per heavy atom. The minimum Gasteiger partial charge on any atom is -0.319 e. The molecule has 0 atom stereocenters. The number of pyridine rings is 1. The molecule has 2 nitrogen and oxygen atoms in total. The number of halogens is 1. The molecule has 0 radical (unpaired) electrons. The normalized spacial score (nSPS) is 9.36. The van der Waals surface area contributed by atoms with E-state index in [1.54, 1.807) is 24.3 Å². The summed E-state index contributed by atoms with van der Waals surface area (Å²) in [5, 5.41) is 0.703. The summed E-state index contributed by atoms with van der Waals surface area (Å²) in [6.45, 7) is 4.00. The Bertz CT molecular complexity index is 476. The minimum atomic E-state index is -0.742. The maximum absolute atomic E-state index is 12.7. The van der Waals surface area contributed by atoms with Crippen molar-refractivity contribution >= 4 is 10.9 Å². The van der Waals surface area contributed by atoms with Gasteiger partial charge in [-0.1, -0.05) is 32.0 Å². The first-order valence-corrected chi connectivity index (χ1v) is 4.55. The van der Waals surface area contributed by atoms with E-state index in [4.69, 9.17) is 0 Å². The number of aromatic nitrogens is 1. The van der Waals surface area contributed by atoms with Gasteiger partial charge in [0.25, 0.3) is 5.56 Å². The molecule has 0 unspecified atom stereocenters. The molecule has 1 aromatic carbocycles. The fraction of sp³-hybridized carbons (Fsp3) is 0.182. The Morgan fingerprint density at radius 1 is 1.21 bits per heavy atom. The van der Waals surface area contributed by atoms with Crippen molar-refractivity contribution < 1.29 is 4.39 Å². The lowest BCUT2D eigenvalue weighted by atomic mass is 10.2. The topological polar surface area (TPSA) is 32.9 Å². The predicted octanol–water partition coefficient (Wildman–Crippen LogP) is 2.69. The smallest absolute Gasteiger partial charge is 0.284 e. The van der Waals surface area contributed by atoms with Crippen LogP contribution in [0.4, 0.5) is 4.39 Å². The lowest BCUT2D eigenvalue weighted by Gasteiger charge is -1.95. The lowest BCUT2D eigenvalue weighted by molar-refractivity contribution is 0.612. The van der Waals surface area contributed by atoms with E-state index in [0.29, 0.717) is 10.9 Å². The number of hydrogen-bond donors (Lipinski definition) is 1. The summed E-state index contributed by atoms with van der Waals surface area (Å²) in [5.74, 6) is -0.742. The average molecular weight is 193 g/mol. The van der Waals surface area contributed by atoms with Crippen LogP contribution in [0, 0.1) is 5.82 Å². The monoisotopic (exact) mass is 193 g/mol. The summed E-state index contributed by atoms with van der Waals surface area (Å²) in [6, 6.07) is 8.29. The molecule has 0 spiro atoms. The highest BCUT2D eigenvalue weighted by molar-refractivity contribution is 5.77. The highest BCUT2D eigenvalue weighted by atomic mass is 19.1. The molecule has 14 heavy (non-hydrogen) atoms. The zero-order chi connectivity index (χ0) is 10.6. The van der Waals surface area contributed by atoms with Crippen molar-refractivity contribution in [1.82, 2.24) is 4.98 Å². The van der Waals surface area contributed by atoms with Crippen molar-refractivity contribution in [2.24, 2.45) is 0 Å². The van der Waals surface area contributed by atoms with E-state index in [2.05, 4.69) is 4.98 Å². The van der Waals surface area contributed by atoms with Gasteiger partial charge in [-0.2, -0.15) is 0 Å². The van der Waals surface area contributed by atoms with Gasteiger partial charge in [-0.05, 0) is 12.1 Å². The number of hydrogen-bond acceptors (Lipinski definition) is 1. The second-order valence-electron chi connectivity index (χ2n) is 2.53. The van der Waals surface area contributed by atoms with Gasteiger partial charge in [0.2, 0.25) is 0 Å². The molecular weight excluding hydrogens is 181 g/mol. The third kappa shape index (κ3) is 1.99. The molecule has 74 valence electrons. The van der Waals surface area contributed by atoms with E-state index in [9.17, 15) is 9.18 Å². The Kier molecular flexibility index (Phi) is 3.40. The second kappa shape index (κ2) is 4.56. The standard InChI is InChI=1S/C9H6FNO.C2H6/c10-7-5-6-3-1-2-4-8(6)11-9(7)12;1-2/h1-5H,(H,11,12);1-2H3. The number of benzene rings is 1. The largest absolute Gasteiger partial charge is 0.319 e. The highest BCUT2D eigenvalue weighted by Gasteiger charge is 1.98. The van der Waals surface area contributed by atoms with Crippen molar-refractivity contribution in [3.05, 3.63) is 46.5 Å². The molecule has 1 heterocycles. The van der Waals surface area contributed by atoms with E-state index in [0.717, 1.165) is 0 Å². The number of nitrogens with one attached hydrogen (secondary N) is 1. The Hall–Kier alpha value is -1.64. The SMILES string of the molecule is CC.O=c1[nH]c2ccccc2cc1F. The molecule has 3 heteroatoms. The van der Waals surface area contributed by atoms with Crippen LogP contribution in [-0.4, -0.2) is 4.98 Å². The van der Waals surface area contributed by atoms with Crippen LogP contribution in [0.15, 0.2) is 35.1 Å². The van der Waals surface area contributed by atoms with Gasteiger partial charge in [-0.3, -0.25) is 4.79 Å². The second-order valence-corrected chi connectivity index (χ2v) is 2.53. The van der Waals surface area contributed by atoms with Crippen molar-refractivity contribution in [2.45, 2.75) is 13.8 Å². The quantitative estimate of drug-likeness (QED) is 0.685. The molecule has 0 saturated heterocycles. The van der Waals surface area contributed by atoms with E-state index in [1.807, 2.05) is 13.8 Å². The maximum atomic E-state index is 12.7. The molecule has 2 rings (SSSR count). The highest BCUT2D eigenvalue weighted by Crippen LogP contribution is 2.08. The summed E-state index contributed by atoms with van der Waals surface area (Å²) in [5.41, 5.74) is -0.0161. The lowest BCUT2D eigenvalue weighted by Crippen LogP contribution is -2.09. The van der Waals surface area contributed by atoms with Crippen LogP contribution < -0.4 is 5.56 Å². The minimum absolute atomic E-state index is 0.656. The van der Waals surface area contributed by atoms with E-state index < -0.39 is 11.4 Å². The third-order valence-electron chi connectivity index (χ3n) is 1.71. The summed E-state index contributed by atoms with van der Waals surface area (Å²) in [6.07, 6.45) is 0. The van der Waals surface area contributed by atoms with Gasteiger partial charge in [0, 0.05) is 10.9 Å². The molecule has 0 aliphatic rings. The van der Waals surface area contributed by atoms with E-state index >= 15 is 0 Å². The maximum Gasteiger partial charge on any atom is 0.284 e. The molecule has 1 aromatic heterocycles. The Morgan fingerprint density at radius 3 is 2.57 bits per heavy atom. The third-order valence-corrected chi connectivity index (χ3v) is 1.71. The van der Waals surface area contributed by atoms with Gasteiger partial charge < -0.3 is 4.98 Å². The van der Waals surface area contributed by atoms with Crippen LogP contribution >= 0.6 is 0 Å². The number of aromatic amines is 1. The molecule has 0 amide bonds. The van der Waals surface area contributed by atoms with Crippen molar-refractivity contribution in [3.63, 3.8) is 0 Å². The number of para-hydroxylation sites is 1. The van der Waals surface area contributed by atoms with Gasteiger partial charge in [-0.25, -0.2) is 4.39 Å². The Labute approximate surface area is 81.4 Å². The molecule has 0 saturated carbocycles. The summed E-state index contributed by atoms with van der Waals surface area (Å²) in [4.78, 5) is 13.2. The van der Waals surface area contributed by atoms with Gasteiger partial charge in [0.05, 0.1) is 0 Å². The number of fused-ring (bicyclic) bond motifs is 1. The van der Waals surface area contributed by atoms with Gasteiger partial charge in [0.1, 0.15) is 0 Å². The van der Waals surface area contributed by atoms with Crippen LogP contribution in [0.1, 0.15) is 13.8 Å². The summed E-state index contributed by atoms with van der Waals surface area (Å²) in [7, 11) is 0. The van der Waals surface area contributed by atoms with Crippen molar-refractivity contribution in [3.8, 4) is 0 Å². The Balaban J connectivity index is 0.000000461. The van der Waals surface area contributed by atoms with Crippen molar-refractivity contribution in [1.29, 1.82) is 0 Å². The first-order valence-electron chi connectivity index (χ1n) is 4.55. The molecule has 0 fully saturated rings. The summed E-state index contributed by atoms with van der Waals surface area (Å²) >= 11 is 0. The van der Waals surface area contributed by atoms with Crippen LogP contribution in [-0.2, 0) is 0 Å². The van der Waals surface area contributed by atoms with Crippen LogP contribution in [0.2, 0.25) is 0 Å². The molecule has 2 aromatic rings. The van der Waals surface area contributed by atoms with Gasteiger partial charge in [0.15, 0.2) is 5.82 Å². The van der Waals surface area contributed by atoms with Crippen LogP contribution in [0.5, 0.6) is 0 Å². The fourth-order valence-corrected chi connectivity index (χ4v) is 1.12. The van der Waals surface area contributed by atoms with E-state index in [1.165, 1.54) is 6.07 Å². The average Bonchev–Trinajstić information content (AvgIpc) is 2.23.